The van der Waals surface area contributed by atoms with Crippen LogP contribution in [0.5, 0.6) is 0 Å². The summed E-state index contributed by atoms with van der Waals surface area (Å²) < 4.78 is 0. The fourth-order valence-electron chi connectivity index (χ4n) is 2.48. The highest BCUT2D eigenvalue weighted by Crippen LogP contribution is 2.29. The highest BCUT2D eigenvalue weighted by Gasteiger charge is 2.23. The lowest BCUT2D eigenvalue weighted by molar-refractivity contribution is 0.232. The highest BCUT2D eigenvalue weighted by atomic mass is 14.9. The number of hydrogen-bond donors (Lipinski definition) is 1. The van der Waals surface area contributed by atoms with Gasteiger partial charge in [0.05, 0.1) is 0 Å². The second-order valence-electron chi connectivity index (χ2n) is 5.00. The summed E-state index contributed by atoms with van der Waals surface area (Å²) in [6.45, 7) is 7.69. The van der Waals surface area contributed by atoms with E-state index in [1.807, 2.05) is 6.92 Å². The molecule has 0 aromatic heterocycles. The van der Waals surface area contributed by atoms with Gasteiger partial charge in [-0.05, 0) is 31.6 Å². The number of nitrogens with one attached hydrogen (secondary N) is 1. The summed E-state index contributed by atoms with van der Waals surface area (Å²) in [6.07, 6.45) is 6.57. The molecule has 1 N–H and O–H groups in total. The zero-order chi connectivity index (χ0) is 11.1. The van der Waals surface area contributed by atoms with E-state index >= 15 is 0 Å². The van der Waals surface area contributed by atoms with Crippen molar-refractivity contribution in [2.45, 2.75) is 58.9 Å². The van der Waals surface area contributed by atoms with Crippen molar-refractivity contribution in [2.75, 3.05) is 6.54 Å². The van der Waals surface area contributed by atoms with Crippen LogP contribution in [0.25, 0.3) is 0 Å². The average Bonchev–Trinajstić information content (AvgIpc) is 2.25. The van der Waals surface area contributed by atoms with Crippen LogP contribution in [-0.2, 0) is 0 Å². The molecule has 1 saturated carbocycles. The van der Waals surface area contributed by atoms with E-state index in [9.17, 15) is 0 Å². The molecule has 1 rings (SSSR count). The first-order valence-corrected chi connectivity index (χ1v) is 6.37. The maximum absolute atomic E-state index is 3.64. The molecule has 0 heterocycles. The van der Waals surface area contributed by atoms with E-state index in [0.717, 1.165) is 30.8 Å². The van der Waals surface area contributed by atoms with Crippen molar-refractivity contribution in [3.63, 3.8) is 0 Å². The molecule has 1 heteroatoms. The summed E-state index contributed by atoms with van der Waals surface area (Å²) in [4.78, 5) is 0. The van der Waals surface area contributed by atoms with Crippen LogP contribution in [0, 0.1) is 23.7 Å². The monoisotopic (exact) mass is 207 g/mol. The quantitative estimate of drug-likeness (QED) is 0.551. The van der Waals surface area contributed by atoms with Crippen LogP contribution >= 0.6 is 0 Å². The van der Waals surface area contributed by atoms with Crippen LogP contribution in [0.3, 0.4) is 0 Å². The zero-order valence-corrected chi connectivity index (χ0v) is 10.5. The first-order chi connectivity index (χ1) is 7.24. The molecule has 0 aliphatic heterocycles. The van der Waals surface area contributed by atoms with Crippen LogP contribution in [0.1, 0.15) is 52.9 Å². The van der Waals surface area contributed by atoms with Gasteiger partial charge in [-0.2, -0.15) is 0 Å². The Bertz CT molecular complexity index is 221. The maximum atomic E-state index is 3.64. The minimum Gasteiger partial charge on any atom is -0.313 e. The molecule has 0 aromatic carbocycles. The minimum atomic E-state index is 0.754. The van der Waals surface area contributed by atoms with Crippen molar-refractivity contribution < 1.29 is 0 Å². The molecule has 2 unspecified atom stereocenters. The van der Waals surface area contributed by atoms with E-state index in [-0.39, 0.29) is 0 Å². The Labute approximate surface area is 95.0 Å². The highest BCUT2D eigenvalue weighted by molar-refractivity contribution is 4.95. The molecule has 15 heavy (non-hydrogen) atoms. The number of hydrogen-bond acceptors (Lipinski definition) is 1. The van der Waals surface area contributed by atoms with Crippen molar-refractivity contribution in [1.29, 1.82) is 0 Å². The van der Waals surface area contributed by atoms with Crippen molar-refractivity contribution in [3.8, 4) is 11.8 Å². The Morgan fingerprint density at radius 3 is 2.80 bits per heavy atom. The lowest BCUT2D eigenvalue weighted by Gasteiger charge is -2.32. The third-order valence-corrected chi connectivity index (χ3v) is 3.52. The van der Waals surface area contributed by atoms with Gasteiger partial charge >= 0.3 is 0 Å². The van der Waals surface area contributed by atoms with Gasteiger partial charge in [-0.15, -0.1) is 11.8 Å². The van der Waals surface area contributed by atoms with Crippen molar-refractivity contribution in [3.05, 3.63) is 0 Å². The molecule has 0 aromatic rings. The van der Waals surface area contributed by atoms with E-state index < -0.39 is 0 Å². The molecule has 2 atom stereocenters. The van der Waals surface area contributed by atoms with Crippen LogP contribution in [-0.4, -0.2) is 12.6 Å². The van der Waals surface area contributed by atoms with Crippen LogP contribution in [0.4, 0.5) is 0 Å². The first-order valence-electron chi connectivity index (χ1n) is 6.37. The van der Waals surface area contributed by atoms with Gasteiger partial charge in [-0.25, -0.2) is 0 Å². The molecule has 1 aliphatic carbocycles. The summed E-state index contributed by atoms with van der Waals surface area (Å²) in [6, 6.07) is 0.754. The molecule has 0 bridgehead atoms. The molecule has 1 aliphatic rings. The van der Waals surface area contributed by atoms with E-state index in [0.29, 0.717) is 0 Å². The van der Waals surface area contributed by atoms with E-state index in [4.69, 9.17) is 0 Å². The first kappa shape index (κ1) is 12.6. The van der Waals surface area contributed by atoms with E-state index in [1.54, 1.807) is 0 Å². The van der Waals surface area contributed by atoms with Crippen molar-refractivity contribution in [1.82, 2.24) is 5.32 Å². The fourth-order valence-corrected chi connectivity index (χ4v) is 2.48. The lowest BCUT2D eigenvalue weighted by atomic mass is 9.79. The molecule has 1 fully saturated rings. The topological polar surface area (TPSA) is 12.0 Å². The molecule has 1 nitrogen and oxygen atoms in total. The molecule has 0 spiro atoms. The van der Waals surface area contributed by atoms with Crippen LogP contribution < -0.4 is 5.32 Å². The maximum Gasteiger partial charge on any atom is 0.0214 e. The van der Waals surface area contributed by atoms with Gasteiger partial charge in [0.1, 0.15) is 0 Å². The zero-order valence-electron chi connectivity index (χ0n) is 10.5. The molecular formula is C14H25N. The Morgan fingerprint density at radius 1 is 1.33 bits per heavy atom. The normalized spacial score (nSPS) is 26.1. The second kappa shape index (κ2) is 6.90. The average molecular weight is 207 g/mol. The largest absolute Gasteiger partial charge is 0.313 e. The molecule has 86 valence electrons. The lowest BCUT2D eigenvalue weighted by Crippen LogP contribution is -2.35. The SMILES string of the molecule is CC#CCCNC1CCCC(C(C)C)C1. The number of rotatable bonds is 4. The summed E-state index contributed by atoms with van der Waals surface area (Å²) in [7, 11) is 0. The molecule has 0 amide bonds. The van der Waals surface area contributed by atoms with Gasteiger partial charge in [-0.1, -0.05) is 26.7 Å². The van der Waals surface area contributed by atoms with Gasteiger partial charge in [-0.3, -0.25) is 0 Å². The van der Waals surface area contributed by atoms with Crippen molar-refractivity contribution in [2.24, 2.45) is 11.8 Å². The Morgan fingerprint density at radius 2 is 2.13 bits per heavy atom. The van der Waals surface area contributed by atoms with Gasteiger partial charge in [0.25, 0.3) is 0 Å². The van der Waals surface area contributed by atoms with Gasteiger partial charge in [0, 0.05) is 19.0 Å². The van der Waals surface area contributed by atoms with Gasteiger partial charge < -0.3 is 5.32 Å². The summed E-state index contributed by atoms with van der Waals surface area (Å²) in [5.41, 5.74) is 0. The molecular weight excluding hydrogens is 182 g/mol. The van der Waals surface area contributed by atoms with E-state index in [1.165, 1.54) is 25.7 Å². The van der Waals surface area contributed by atoms with Gasteiger partial charge in [0.15, 0.2) is 0 Å². The van der Waals surface area contributed by atoms with E-state index in [2.05, 4.69) is 31.0 Å². The minimum absolute atomic E-state index is 0.754. The third-order valence-electron chi connectivity index (χ3n) is 3.52. The third kappa shape index (κ3) is 4.71. The fraction of sp³-hybridized carbons (Fsp3) is 0.857. The van der Waals surface area contributed by atoms with Crippen molar-refractivity contribution >= 4 is 0 Å². The molecule has 0 saturated heterocycles. The predicted molar refractivity (Wildman–Crippen MR) is 66.7 cm³/mol. The van der Waals surface area contributed by atoms with Crippen LogP contribution in [0.15, 0.2) is 0 Å². The van der Waals surface area contributed by atoms with Crippen LogP contribution in [0.2, 0.25) is 0 Å². The smallest absolute Gasteiger partial charge is 0.0214 e. The second-order valence-corrected chi connectivity index (χ2v) is 5.00. The Hall–Kier alpha value is -0.480. The molecule has 0 radical (unpaired) electrons. The summed E-state index contributed by atoms with van der Waals surface area (Å²) in [5.74, 6) is 7.84. The Balaban J connectivity index is 2.20. The summed E-state index contributed by atoms with van der Waals surface area (Å²) >= 11 is 0. The van der Waals surface area contributed by atoms with Gasteiger partial charge in [0.2, 0.25) is 0 Å². The Kier molecular flexibility index (Phi) is 5.79. The predicted octanol–water partition coefficient (Wildman–Crippen LogP) is 3.20. The standard InChI is InChI=1S/C14H25N/c1-4-5-6-10-15-14-9-7-8-13(11-14)12(2)3/h12-15H,6-11H2,1-3H3. The summed E-state index contributed by atoms with van der Waals surface area (Å²) in [5, 5.41) is 3.64.